The van der Waals surface area contributed by atoms with Gasteiger partial charge in [0.25, 0.3) is 5.56 Å². The first-order valence-corrected chi connectivity index (χ1v) is 8.57. The third-order valence-corrected chi connectivity index (χ3v) is 4.50. The number of pyridine rings is 1. The van der Waals surface area contributed by atoms with E-state index in [-0.39, 0.29) is 12.2 Å². The summed E-state index contributed by atoms with van der Waals surface area (Å²) >= 11 is 6.12. The quantitative estimate of drug-likeness (QED) is 0.524. The molecular weight excluding hydrogens is 352 g/mol. The van der Waals surface area contributed by atoms with Gasteiger partial charge in [-0.3, -0.25) is 4.79 Å². The third-order valence-electron chi connectivity index (χ3n) is 4.27. The first kappa shape index (κ1) is 16.4. The number of hydrogen-bond donors (Lipinski definition) is 2. The summed E-state index contributed by atoms with van der Waals surface area (Å²) in [5.41, 5.74) is 2.87. The van der Waals surface area contributed by atoms with Crippen LogP contribution in [-0.4, -0.2) is 22.5 Å². The van der Waals surface area contributed by atoms with Crippen LogP contribution in [0.4, 0.5) is 0 Å². The van der Waals surface area contributed by atoms with Gasteiger partial charge >= 0.3 is 5.97 Å². The van der Waals surface area contributed by atoms with Gasteiger partial charge in [-0.25, -0.2) is 4.79 Å². The van der Waals surface area contributed by atoms with Crippen molar-refractivity contribution in [2.45, 2.75) is 6.92 Å². The molecule has 4 rings (SSSR count). The highest BCUT2D eigenvalue weighted by molar-refractivity contribution is 6.32. The highest BCUT2D eigenvalue weighted by atomic mass is 35.5. The molecule has 0 fully saturated rings. The third kappa shape index (κ3) is 2.57. The van der Waals surface area contributed by atoms with Crippen LogP contribution in [0.25, 0.3) is 33.1 Å². The van der Waals surface area contributed by atoms with Gasteiger partial charge in [0.05, 0.1) is 17.6 Å². The van der Waals surface area contributed by atoms with E-state index in [1.807, 2.05) is 36.4 Å². The summed E-state index contributed by atoms with van der Waals surface area (Å²) in [4.78, 5) is 31.4. The number of hydrogen-bond acceptors (Lipinski definition) is 3. The van der Waals surface area contributed by atoms with E-state index < -0.39 is 11.5 Å². The molecular formula is C20H15ClN2O3. The standard InChI is InChI=1S/C20H15ClN2O3/c1-2-26-20(25)16-15(11-6-4-3-5-7-11)18-17(23-19(16)24)13-10-12(21)8-9-14(13)22-18/h3-10,22H,2H2,1H3,(H,23,24). The maximum Gasteiger partial charge on any atom is 0.344 e. The van der Waals surface area contributed by atoms with Gasteiger partial charge in [0.2, 0.25) is 0 Å². The summed E-state index contributed by atoms with van der Waals surface area (Å²) in [6.45, 7) is 1.89. The number of H-pyrrole nitrogens is 2. The predicted octanol–water partition coefficient (Wildman–Crippen LogP) is 4.51. The van der Waals surface area contributed by atoms with Crippen LogP contribution >= 0.6 is 11.6 Å². The molecule has 5 nitrogen and oxygen atoms in total. The molecule has 0 aliphatic rings. The molecule has 6 heteroatoms. The minimum Gasteiger partial charge on any atom is -0.462 e. The van der Waals surface area contributed by atoms with E-state index in [2.05, 4.69) is 9.97 Å². The number of rotatable bonds is 3. The molecule has 2 aromatic carbocycles. The number of carbonyl (C=O) groups excluding carboxylic acids is 1. The predicted molar refractivity (Wildman–Crippen MR) is 103 cm³/mol. The van der Waals surface area contributed by atoms with Crippen molar-refractivity contribution in [1.82, 2.24) is 9.97 Å². The average molecular weight is 367 g/mol. The lowest BCUT2D eigenvalue weighted by atomic mass is 9.99. The SMILES string of the molecule is CCOC(=O)c1c(-c2ccccc2)c2[nH]c3ccc(Cl)cc3c2[nH]c1=O. The first-order chi connectivity index (χ1) is 12.6. The fraction of sp³-hybridized carbons (Fsp3) is 0.100. The first-order valence-electron chi connectivity index (χ1n) is 8.20. The zero-order valence-electron chi connectivity index (χ0n) is 13.9. The maximum absolute atomic E-state index is 12.8. The molecule has 4 aromatic rings. The van der Waals surface area contributed by atoms with E-state index in [4.69, 9.17) is 16.3 Å². The number of nitrogens with one attached hydrogen (secondary N) is 2. The van der Waals surface area contributed by atoms with Gasteiger partial charge in [-0.15, -0.1) is 0 Å². The Kier molecular flexibility index (Phi) is 4.01. The Hall–Kier alpha value is -3.05. The van der Waals surface area contributed by atoms with Crippen LogP contribution in [0.2, 0.25) is 5.02 Å². The van der Waals surface area contributed by atoms with E-state index in [0.717, 1.165) is 16.5 Å². The monoisotopic (exact) mass is 366 g/mol. The van der Waals surface area contributed by atoms with Crippen molar-refractivity contribution >= 4 is 39.5 Å². The molecule has 0 amide bonds. The number of esters is 1. The summed E-state index contributed by atoms with van der Waals surface area (Å²) in [6, 6.07) is 14.7. The molecule has 0 radical (unpaired) electrons. The Bertz CT molecular complexity index is 1190. The highest BCUT2D eigenvalue weighted by Gasteiger charge is 2.23. The van der Waals surface area contributed by atoms with Crippen molar-refractivity contribution < 1.29 is 9.53 Å². The second-order valence-electron chi connectivity index (χ2n) is 5.86. The molecule has 2 heterocycles. The second-order valence-corrected chi connectivity index (χ2v) is 6.29. The number of halogens is 1. The number of ether oxygens (including phenoxy) is 1. The molecule has 0 bridgehead atoms. The van der Waals surface area contributed by atoms with Crippen molar-refractivity contribution in [3.63, 3.8) is 0 Å². The van der Waals surface area contributed by atoms with Crippen LogP contribution in [0.1, 0.15) is 17.3 Å². The number of fused-ring (bicyclic) bond motifs is 3. The zero-order valence-corrected chi connectivity index (χ0v) is 14.7. The van der Waals surface area contributed by atoms with Crippen LogP contribution in [0, 0.1) is 0 Å². The lowest BCUT2D eigenvalue weighted by molar-refractivity contribution is 0.0525. The molecule has 130 valence electrons. The Morgan fingerprint density at radius 2 is 1.85 bits per heavy atom. The van der Waals surface area contributed by atoms with Gasteiger partial charge in [0.15, 0.2) is 0 Å². The van der Waals surface area contributed by atoms with Crippen molar-refractivity contribution in [2.24, 2.45) is 0 Å². The summed E-state index contributed by atoms with van der Waals surface area (Å²) < 4.78 is 5.12. The molecule has 2 aromatic heterocycles. The smallest absolute Gasteiger partial charge is 0.344 e. The van der Waals surface area contributed by atoms with E-state index in [1.54, 1.807) is 19.1 Å². The Balaban J connectivity index is 2.17. The Morgan fingerprint density at radius 3 is 2.58 bits per heavy atom. The van der Waals surface area contributed by atoms with Gasteiger partial charge in [0.1, 0.15) is 5.56 Å². The Morgan fingerprint density at radius 1 is 1.08 bits per heavy atom. The number of carbonyl (C=O) groups is 1. The van der Waals surface area contributed by atoms with Crippen LogP contribution < -0.4 is 5.56 Å². The number of aromatic amines is 2. The van der Waals surface area contributed by atoms with Crippen LogP contribution in [0.5, 0.6) is 0 Å². The lowest BCUT2D eigenvalue weighted by Crippen LogP contribution is -2.21. The molecule has 0 unspecified atom stereocenters. The summed E-state index contributed by atoms with van der Waals surface area (Å²) in [5, 5.41) is 1.35. The van der Waals surface area contributed by atoms with Gasteiger partial charge in [-0.05, 0) is 30.7 Å². The molecule has 0 aliphatic heterocycles. The average Bonchev–Trinajstić information content (AvgIpc) is 2.99. The van der Waals surface area contributed by atoms with Crippen molar-refractivity contribution in [2.75, 3.05) is 6.61 Å². The van der Waals surface area contributed by atoms with Crippen LogP contribution in [-0.2, 0) is 4.74 Å². The van der Waals surface area contributed by atoms with Crippen molar-refractivity contribution in [3.05, 3.63) is 69.5 Å². The van der Waals surface area contributed by atoms with E-state index >= 15 is 0 Å². The fourth-order valence-corrected chi connectivity index (χ4v) is 3.36. The molecule has 0 saturated heterocycles. The molecule has 0 atom stereocenters. The van der Waals surface area contributed by atoms with E-state index in [9.17, 15) is 9.59 Å². The van der Waals surface area contributed by atoms with Gasteiger partial charge < -0.3 is 14.7 Å². The minimum atomic E-state index is -0.647. The van der Waals surface area contributed by atoms with Crippen molar-refractivity contribution in [1.29, 1.82) is 0 Å². The van der Waals surface area contributed by atoms with Crippen molar-refractivity contribution in [3.8, 4) is 11.1 Å². The van der Waals surface area contributed by atoms with Gasteiger partial charge in [-0.2, -0.15) is 0 Å². The largest absolute Gasteiger partial charge is 0.462 e. The highest BCUT2D eigenvalue weighted by Crippen LogP contribution is 2.34. The lowest BCUT2D eigenvalue weighted by Gasteiger charge is -2.10. The number of benzene rings is 2. The van der Waals surface area contributed by atoms with Gasteiger partial charge in [0, 0.05) is 21.5 Å². The van der Waals surface area contributed by atoms with E-state index in [1.165, 1.54) is 0 Å². The normalized spacial score (nSPS) is 11.2. The Labute approximate surface area is 153 Å². The summed E-state index contributed by atoms with van der Waals surface area (Å²) in [7, 11) is 0. The summed E-state index contributed by atoms with van der Waals surface area (Å²) in [5.74, 6) is -0.647. The topological polar surface area (TPSA) is 75.0 Å². The molecule has 0 saturated carbocycles. The fourth-order valence-electron chi connectivity index (χ4n) is 3.19. The van der Waals surface area contributed by atoms with Gasteiger partial charge in [-0.1, -0.05) is 41.9 Å². The maximum atomic E-state index is 12.8. The second kappa shape index (κ2) is 6.35. The molecule has 0 spiro atoms. The van der Waals surface area contributed by atoms with Crippen LogP contribution in [0.3, 0.4) is 0 Å². The molecule has 26 heavy (non-hydrogen) atoms. The minimum absolute atomic E-state index is 0.0109. The molecule has 0 aliphatic carbocycles. The van der Waals surface area contributed by atoms with E-state index in [0.29, 0.717) is 21.6 Å². The summed E-state index contributed by atoms with van der Waals surface area (Å²) in [6.07, 6.45) is 0. The number of aromatic nitrogens is 2. The zero-order chi connectivity index (χ0) is 18.3. The molecule has 2 N–H and O–H groups in total. The van der Waals surface area contributed by atoms with Crippen LogP contribution in [0.15, 0.2) is 53.3 Å².